The second-order valence-electron chi connectivity index (χ2n) is 4.42. The number of nitrogens with one attached hydrogen (secondary N) is 1. The van der Waals surface area contributed by atoms with Crippen molar-refractivity contribution in [2.24, 2.45) is 0 Å². The van der Waals surface area contributed by atoms with Crippen LogP contribution in [0, 0.1) is 0 Å². The standard InChI is InChI=1S/C16H20BrNO4/c1-3-22-14-8-7-13(17)11-12(14)6-9-15(19)18-10-4-5-16(20)21-2/h6-9,11H,3-5,10H2,1-2H3,(H,18,19)/b9-6+. The Hall–Kier alpha value is -1.82. The van der Waals surface area contributed by atoms with Crippen molar-refractivity contribution in [1.82, 2.24) is 5.32 Å². The molecule has 1 N–H and O–H groups in total. The Morgan fingerprint density at radius 3 is 2.82 bits per heavy atom. The fourth-order valence-electron chi connectivity index (χ4n) is 1.71. The van der Waals surface area contributed by atoms with Crippen LogP contribution in [0.5, 0.6) is 5.75 Å². The van der Waals surface area contributed by atoms with E-state index in [1.807, 2.05) is 25.1 Å². The number of halogens is 1. The molecule has 0 aromatic heterocycles. The molecule has 0 heterocycles. The average molecular weight is 370 g/mol. The molecule has 0 aliphatic rings. The number of carbonyl (C=O) groups excluding carboxylic acids is 2. The summed E-state index contributed by atoms with van der Waals surface area (Å²) >= 11 is 3.39. The van der Waals surface area contributed by atoms with Crippen molar-refractivity contribution in [2.75, 3.05) is 20.3 Å². The highest BCUT2D eigenvalue weighted by atomic mass is 79.9. The third-order valence-electron chi connectivity index (χ3n) is 2.77. The fraction of sp³-hybridized carbons (Fsp3) is 0.375. The van der Waals surface area contributed by atoms with Gasteiger partial charge in [-0.1, -0.05) is 15.9 Å². The smallest absolute Gasteiger partial charge is 0.305 e. The van der Waals surface area contributed by atoms with E-state index >= 15 is 0 Å². The maximum absolute atomic E-state index is 11.7. The van der Waals surface area contributed by atoms with Crippen LogP contribution in [-0.4, -0.2) is 32.1 Å². The first-order chi connectivity index (χ1) is 10.6. The number of hydrogen-bond acceptors (Lipinski definition) is 4. The first-order valence-electron chi connectivity index (χ1n) is 7.02. The van der Waals surface area contributed by atoms with Gasteiger partial charge in [-0.3, -0.25) is 9.59 Å². The molecule has 0 saturated heterocycles. The third kappa shape index (κ3) is 6.76. The lowest BCUT2D eigenvalue weighted by Gasteiger charge is -2.07. The molecular weight excluding hydrogens is 350 g/mol. The number of esters is 1. The van der Waals surface area contributed by atoms with E-state index in [9.17, 15) is 9.59 Å². The SMILES string of the molecule is CCOc1ccc(Br)cc1/C=C/C(=O)NCCCC(=O)OC. The first kappa shape index (κ1) is 18.2. The largest absolute Gasteiger partial charge is 0.493 e. The van der Waals surface area contributed by atoms with Crippen molar-refractivity contribution < 1.29 is 19.1 Å². The number of benzene rings is 1. The molecule has 22 heavy (non-hydrogen) atoms. The summed E-state index contributed by atoms with van der Waals surface area (Å²) in [4.78, 5) is 22.6. The van der Waals surface area contributed by atoms with Crippen molar-refractivity contribution in [3.05, 3.63) is 34.3 Å². The summed E-state index contributed by atoms with van der Waals surface area (Å²) in [6.07, 6.45) is 3.99. The molecule has 1 aromatic carbocycles. The summed E-state index contributed by atoms with van der Waals surface area (Å²) in [5.41, 5.74) is 0.820. The molecular formula is C16H20BrNO4. The Morgan fingerprint density at radius 2 is 2.14 bits per heavy atom. The van der Waals surface area contributed by atoms with Crippen LogP contribution in [0.4, 0.5) is 0 Å². The van der Waals surface area contributed by atoms with E-state index in [1.54, 1.807) is 6.08 Å². The summed E-state index contributed by atoms with van der Waals surface area (Å²) in [6, 6.07) is 5.61. The van der Waals surface area contributed by atoms with Gasteiger partial charge in [-0.15, -0.1) is 0 Å². The Labute approximate surface area is 138 Å². The van der Waals surface area contributed by atoms with Gasteiger partial charge in [-0.05, 0) is 37.6 Å². The number of hydrogen-bond donors (Lipinski definition) is 1. The number of amides is 1. The minimum absolute atomic E-state index is 0.215. The van der Waals surface area contributed by atoms with Gasteiger partial charge in [-0.2, -0.15) is 0 Å². The van der Waals surface area contributed by atoms with Crippen molar-refractivity contribution in [3.63, 3.8) is 0 Å². The average Bonchev–Trinajstić information content (AvgIpc) is 2.51. The van der Waals surface area contributed by atoms with Gasteiger partial charge in [0.05, 0.1) is 13.7 Å². The number of methoxy groups -OCH3 is 1. The molecule has 0 bridgehead atoms. The molecule has 0 radical (unpaired) electrons. The van der Waals surface area contributed by atoms with E-state index in [2.05, 4.69) is 26.0 Å². The molecule has 0 saturated carbocycles. The fourth-order valence-corrected chi connectivity index (χ4v) is 2.09. The van der Waals surface area contributed by atoms with E-state index < -0.39 is 0 Å². The van der Waals surface area contributed by atoms with Gasteiger partial charge in [0.15, 0.2) is 0 Å². The van der Waals surface area contributed by atoms with Gasteiger partial charge in [0, 0.05) is 29.1 Å². The summed E-state index contributed by atoms with van der Waals surface area (Å²) < 4.78 is 10.9. The Bertz CT molecular complexity index is 543. The van der Waals surface area contributed by atoms with Crippen molar-refractivity contribution in [2.45, 2.75) is 19.8 Å². The number of rotatable bonds is 8. The molecule has 0 spiro atoms. The van der Waals surface area contributed by atoms with Gasteiger partial charge in [0.25, 0.3) is 0 Å². The molecule has 1 amide bonds. The van der Waals surface area contributed by atoms with Crippen LogP contribution in [0.3, 0.4) is 0 Å². The van der Waals surface area contributed by atoms with Crippen LogP contribution < -0.4 is 10.1 Å². The third-order valence-corrected chi connectivity index (χ3v) is 3.26. The highest BCUT2D eigenvalue weighted by molar-refractivity contribution is 9.10. The highest BCUT2D eigenvalue weighted by Gasteiger charge is 2.03. The van der Waals surface area contributed by atoms with Crippen LogP contribution in [0.15, 0.2) is 28.7 Å². The summed E-state index contributed by atoms with van der Waals surface area (Å²) in [7, 11) is 1.34. The molecule has 0 aliphatic carbocycles. The van der Waals surface area contributed by atoms with Crippen molar-refractivity contribution >= 4 is 33.9 Å². The predicted octanol–water partition coefficient (Wildman–Crippen LogP) is 2.93. The van der Waals surface area contributed by atoms with Crippen LogP contribution >= 0.6 is 15.9 Å². The summed E-state index contributed by atoms with van der Waals surface area (Å²) in [5, 5.41) is 2.71. The predicted molar refractivity (Wildman–Crippen MR) is 88.6 cm³/mol. The quantitative estimate of drug-likeness (QED) is 0.434. The van der Waals surface area contributed by atoms with Crippen LogP contribution in [0.1, 0.15) is 25.3 Å². The van der Waals surface area contributed by atoms with E-state index in [0.717, 1.165) is 15.8 Å². The van der Waals surface area contributed by atoms with Gasteiger partial charge in [0.1, 0.15) is 5.75 Å². The van der Waals surface area contributed by atoms with Crippen LogP contribution in [-0.2, 0) is 14.3 Å². The minimum atomic E-state index is -0.278. The van der Waals surface area contributed by atoms with Crippen molar-refractivity contribution in [3.8, 4) is 5.75 Å². The van der Waals surface area contributed by atoms with E-state index in [1.165, 1.54) is 13.2 Å². The maximum Gasteiger partial charge on any atom is 0.305 e. The Morgan fingerprint density at radius 1 is 1.36 bits per heavy atom. The normalized spacial score (nSPS) is 10.5. The molecule has 0 fully saturated rings. The monoisotopic (exact) mass is 369 g/mol. The van der Waals surface area contributed by atoms with Crippen molar-refractivity contribution in [1.29, 1.82) is 0 Å². The lowest BCUT2D eigenvalue weighted by molar-refractivity contribution is -0.140. The molecule has 6 heteroatoms. The highest BCUT2D eigenvalue weighted by Crippen LogP contribution is 2.24. The second kappa shape index (κ2) is 10.00. The zero-order chi connectivity index (χ0) is 16.4. The van der Waals surface area contributed by atoms with Gasteiger partial charge < -0.3 is 14.8 Å². The Kier molecular flexibility index (Phi) is 8.28. The van der Waals surface area contributed by atoms with E-state index in [0.29, 0.717) is 26.0 Å². The molecule has 1 rings (SSSR count). The zero-order valence-corrected chi connectivity index (χ0v) is 14.3. The Balaban J connectivity index is 2.51. The summed E-state index contributed by atoms with van der Waals surface area (Å²) in [6.45, 7) is 2.89. The molecule has 0 unspecified atom stereocenters. The zero-order valence-electron chi connectivity index (χ0n) is 12.7. The second-order valence-corrected chi connectivity index (χ2v) is 5.33. The molecule has 0 aliphatic heterocycles. The van der Waals surface area contributed by atoms with Gasteiger partial charge in [0.2, 0.25) is 5.91 Å². The van der Waals surface area contributed by atoms with E-state index in [4.69, 9.17) is 4.74 Å². The topological polar surface area (TPSA) is 64.6 Å². The maximum atomic E-state index is 11.7. The van der Waals surface area contributed by atoms with E-state index in [-0.39, 0.29) is 11.9 Å². The summed E-state index contributed by atoms with van der Waals surface area (Å²) in [5.74, 6) is 0.230. The van der Waals surface area contributed by atoms with Crippen LogP contribution in [0.2, 0.25) is 0 Å². The molecule has 0 atom stereocenters. The van der Waals surface area contributed by atoms with Crippen LogP contribution in [0.25, 0.3) is 6.08 Å². The lowest BCUT2D eigenvalue weighted by atomic mass is 10.2. The first-order valence-corrected chi connectivity index (χ1v) is 7.81. The number of ether oxygens (including phenoxy) is 2. The number of carbonyl (C=O) groups is 2. The van der Waals surface area contributed by atoms with Gasteiger partial charge in [-0.25, -0.2) is 0 Å². The molecule has 1 aromatic rings. The molecule has 5 nitrogen and oxygen atoms in total. The lowest BCUT2D eigenvalue weighted by Crippen LogP contribution is -2.22. The molecule has 120 valence electrons. The minimum Gasteiger partial charge on any atom is -0.493 e. The van der Waals surface area contributed by atoms with Gasteiger partial charge >= 0.3 is 5.97 Å².